The number of nitrogens with zero attached hydrogens (tertiary/aromatic N) is 3. The summed E-state index contributed by atoms with van der Waals surface area (Å²) in [4.78, 5) is 25.4. The predicted octanol–water partition coefficient (Wildman–Crippen LogP) is 10.2. The van der Waals surface area contributed by atoms with E-state index < -0.39 is 12.1 Å². The van der Waals surface area contributed by atoms with Gasteiger partial charge in [0, 0.05) is 28.9 Å². The Labute approximate surface area is 258 Å². The van der Waals surface area contributed by atoms with Crippen molar-refractivity contribution in [1.29, 1.82) is 0 Å². The number of nitroso groups, excluding NO2 is 1. The monoisotopic (exact) mass is 621 g/mol. The minimum atomic E-state index is -4.82. The van der Waals surface area contributed by atoms with Crippen molar-refractivity contribution >= 4 is 5.97 Å². The maximum absolute atomic E-state index is 12.5. The highest BCUT2D eigenvalue weighted by atomic mass is 19.4. The Kier molecular flexibility index (Phi) is 17.6. The standard InChI is InChI=1S/C14H11F3N2O3.C9H20.C8H9NO2.C2H6/c15-14(16,17)21-11-4-2-1-3-9(11)12-10(7-18-20)13(22-19-12)8-5-6-8;1-4-6-8-9(3)7-5-2;1-6-3-4-7(5-9-6)8(10)11-2;1-2/h1-4,8H,5-7H2;9H,4-8H2,1-3H3;3-5H,1-2H3;1-2H3/t;9-;;/m.0../s1. The zero-order chi connectivity index (χ0) is 33.1. The van der Waals surface area contributed by atoms with Gasteiger partial charge in [0.15, 0.2) is 0 Å². The molecule has 0 saturated heterocycles. The number of aryl methyl sites for hydroxylation is 1. The fraction of sp³-hybridized carbons (Fsp3) is 0.545. The number of rotatable bonds is 11. The molecule has 2 aromatic heterocycles. The number of benzene rings is 1. The van der Waals surface area contributed by atoms with Crippen LogP contribution in [0.5, 0.6) is 5.75 Å². The molecule has 1 atom stereocenters. The molecule has 1 fully saturated rings. The average Bonchev–Trinajstić information content (AvgIpc) is 3.77. The fourth-order valence-corrected chi connectivity index (χ4v) is 4.19. The first kappa shape index (κ1) is 38.3. The number of ether oxygens (including phenoxy) is 2. The molecule has 0 spiro atoms. The van der Waals surface area contributed by atoms with Gasteiger partial charge in [-0.15, -0.1) is 13.2 Å². The number of unbranched alkanes of at least 4 members (excludes halogenated alkanes) is 1. The Balaban J connectivity index is 0.000000369. The van der Waals surface area contributed by atoms with E-state index in [1.807, 2.05) is 20.8 Å². The van der Waals surface area contributed by atoms with Crippen molar-refractivity contribution in [2.75, 3.05) is 7.11 Å². The largest absolute Gasteiger partial charge is 0.573 e. The highest BCUT2D eigenvalue weighted by Gasteiger charge is 2.35. The third kappa shape index (κ3) is 13.7. The molecule has 8 nitrogen and oxygen atoms in total. The van der Waals surface area contributed by atoms with E-state index in [9.17, 15) is 22.9 Å². The summed E-state index contributed by atoms with van der Waals surface area (Å²) in [6, 6.07) is 9.06. The van der Waals surface area contributed by atoms with Gasteiger partial charge in [0.05, 0.1) is 12.7 Å². The molecule has 3 aromatic rings. The Morgan fingerprint density at radius 2 is 1.77 bits per heavy atom. The van der Waals surface area contributed by atoms with Crippen molar-refractivity contribution in [3.8, 4) is 17.0 Å². The van der Waals surface area contributed by atoms with Gasteiger partial charge in [-0.2, -0.15) is 4.91 Å². The minimum Gasteiger partial charge on any atom is -0.465 e. The molecule has 0 unspecified atom stereocenters. The Morgan fingerprint density at radius 3 is 2.30 bits per heavy atom. The van der Waals surface area contributed by atoms with Crippen molar-refractivity contribution in [3.05, 3.63) is 70.1 Å². The number of aromatic nitrogens is 2. The molecule has 11 heteroatoms. The van der Waals surface area contributed by atoms with Crippen LogP contribution in [0.15, 0.2) is 52.3 Å². The number of carbonyl (C=O) groups excluding carboxylic acids is 1. The average molecular weight is 622 g/mol. The van der Waals surface area contributed by atoms with Gasteiger partial charge in [-0.3, -0.25) is 4.98 Å². The van der Waals surface area contributed by atoms with Crippen molar-refractivity contribution in [1.82, 2.24) is 10.1 Å². The quantitative estimate of drug-likeness (QED) is 0.155. The molecular weight excluding hydrogens is 575 g/mol. The van der Waals surface area contributed by atoms with Gasteiger partial charge >= 0.3 is 12.3 Å². The number of hydrogen-bond donors (Lipinski definition) is 0. The smallest absolute Gasteiger partial charge is 0.465 e. The third-order valence-electron chi connectivity index (χ3n) is 6.52. The van der Waals surface area contributed by atoms with Crippen LogP contribution in [0, 0.1) is 17.7 Å². The number of methoxy groups -OCH3 is 1. The van der Waals surface area contributed by atoms with Gasteiger partial charge < -0.3 is 14.0 Å². The number of halogens is 3. The maximum atomic E-state index is 12.5. The number of esters is 1. The number of carbonyl (C=O) groups is 1. The Bertz CT molecular complexity index is 1240. The van der Waals surface area contributed by atoms with Crippen LogP contribution < -0.4 is 4.74 Å². The molecule has 1 saturated carbocycles. The summed E-state index contributed by atoms with van der Waals surface area (Å²) in [5, 5.41) is 6.66. The van der Waals surface area contributed by atoms with Gasteiger partial charge in [0.25, 0.3) is 0 Å². The second-order valence-electron chi connectivity index (χ2n) is 10.2. The lowest BCUT2D eigenvalue weighted by Crippen LogP contribution is -2.17. The topological polar surface area (TPSA) is 104 Å². The lowest BCUT2D eigenvalue weighted by Gasteiger charge is -2.12. The molecule has 1 aliphatic carbocycles. The molecule has 4 rings (SSSR count). The van der Waals surface area contributed by atoms with Crippen molar-refractivity contribution < 1.29 is 32.0 Å². The third-order valence-corrected chi connectivity index (χ3v) is 6.52. The second kappa shape index (κ2) is 20.2. The summed E-state index contributed by atoms with van der Waals surface area (Å²) < 4.78 is 51.2. The highest BCUT2D eigenvalue weighted by molar-refractivity contribution is 5.88. The second-order valence-corrected chi connectivity index (χ2v) is 10.2. The molecule has 0 radical (unpaired) electrons. The Hall–Kier alpha value is -3.76. The number of para-hydroxylation sites is 1. The maximum Gasteiger partial charge on any atom is 0.573 e. The molecule has 2 heterocycles. The first-order chi connectivity index (χ1) is 21.0. The van der Waals surface area contributed by atoms with Crippen molar-refractivity contribution in [2.24, 2.45) is 11.1 Å². The van der Waals surface area contributed by atoms with Crippen LogP contribution >= 0.6 is 0 Å². The van der Waals surface area contributed by atoms with Gasteiger partial charge in [-0.05, 0) is 49.9 Å². The van der Waals surface area contributed by atoms with Crippen LogP contribution in [0.25, 0.3) is 11.3 Å². The highest BCUT2D eigenvalue weighted by Crippen LogP contribution is 2.45. The van der Waals surface area contributed by atoms with E-state index in [0.29, 0.717) is 16.9 Å². The van der Waals surface area contributed by atoms with Gasteiger partial charge in [-0.25, -0.2) is 4.79 Å². The molecule has 0 aliphatic heterocycles. The van der Waals surface area contributed by atoms with E-state index in [-0.39, 0.29) is 29.7 Å². The molecule has 0 bridgehead atoms. The van der Waals surface area contributed by atoms with Crippen molar-refractivity contribution in [3.63, 3.8) is 0 Å². The lowest BCUT2D eigenvalue weighted by atomic mass is 10.00. The molecule has 244 valence electrons. The summed E-state index contributed by atoms with van der Waals surface area (Å²) in [5.74, 6) is 0.912. The number of hydrogen-bond acceptors (Lipinski definition) is 8. The summed E-state index contributed by atoms with van der Waals surface area (Å²) >= 11 is 0. The number of alkyl halides is 3. The predicted molar refractivity (Wildman–Crippen MR) is 165 cm³/mol. The van der Waals surface area contributed by atoms with Crippen LogP contribution in [-0.4, -0.2) is 29.6 Å². The minimum absolute atomic E-state index is 0.120. The van der Waals surface area contributed by atoms with E-state index in [1.165, 1.54) is 63.6 Å². The lowest BCUT2D eigenvalue weighted by molar-refractivity contribution is -0.274. The van der Waals surface area contributed by atoms with Gasteiger partial charge in [-0.1, -0.05) is 89.2 Å². The van der Waals surface area contributed by atoms with Crippen molar-refractivity contribution in [2.45, 2.75) is 105 Å². The van der Waals surface area contributed by atoms with Gasteiger partial charge in [0.1, 0.15) is 23.7 Å². The molecule has 1 aliphatic rings. The van der Waals surface area contributed by atoms with Crippen LogP contribution in [0.1, 0.15) is 113 Å². The summed E-state index contributed by atoms with van der Waals surface area (Å²) in [6.45, 7) is 12.5. The SMILES string of the molecule is CC.CCCC[C@@H](C)CCC.COC(=O)c1ccc(C)nc1.O=NCc1c(-c2ccccc2OC(F)(F)F)noc1C1CC1. The summed E-state index contributed by atoms with van der Waals surface area (Å²) in [6.07, 6.45) is 5.47. The van der Waals surface area contributed by atoms with Crippen LogP contribution in [-0.2, 0) is 11.3 Å². The van der Waals surface area contributed by atoms with E-state index in [4.69, 9.17) is 4.52 Å². The van der Waals surface area contributed by atoms with Crippen LogP contribution in [0.3, 0.4) is 0 Å². The number of pyridine rings is 1. The molecular formula is C33H46F3N3O5. The van der Waals surface area contributed by atoms with E-state index in [2.05, 4.69) is 45.6 Å². The fourth-order valence-electron chi connectivity index (χ4n) is 4.19. The molecule has 1 aromatic carbocycles. The molecule has 0 N–H and O–H groups in total. The van der Waals surface area contributed by atoms with E-state index in [0.717, 1.165) is 24.5 Å². The normalized spacial score (nSPS) is 12.7. The zero-order valence-corrected chi connectivity index (χ0v) is 26.9. The zero-order valence-electron chi connectivity index (χ0n) is 26.9. The first-order valence-corrected chi connectivity index (χ1v) is 15.2. The van der Waals surface area contributed by atoms with E-state index in [1.54, 1.807) is 18.2 Å². The Morgan fingerprint density at radius 1 is 1.09 bits per heavy atom. The molecule has 44 heavy (non-hydrogen) atoms. The van der Waals surface area contributed by atoms with Crippen LogP contribution in [0.4, 0.5) is 13.2 Å². The van der Waals surface area contributed by atoms with E-state index >= 15 is 0 Å². The van der Waals surface area contributed by atoms with Crippen LogP contribution in [0.2, 0.25) is 0 Å². The van der Waals surface area contributed by atoms with Gasteiger partial charge in [0.2, 0.25) is 0 Å². The first-order valence-electron chi connectivity index (χ1n) is 15.2. The molecule has 0 amide bonds. The summed E-state index contributed by atoms with van der Waals surface area (Å²) in [5.41, 5.74) is 2.09. The summed E-state index contributed by atoms with van der Waals surface area (Å²) in [7, 11) is 1.35.